The summed E-state index contributed by atoms with van der Waals surface area (Å²) in [5, 5.41) is 12.4. The molecule has 0 aromatic carbocycles. The number of carbonyl (C=O) groups is 1. The molecule has 0 fully saturated rings. The van der Waals surface area contributed by atoms with Crippen LogP contribution in [0.15, 0.2) is 15.0 Å². The molecule has 0 aliphatic heterocycles. The summed E-state index contributed by atoms with van der Waals surface area (Å²) in [6, 6.07) is 1.37. The molecular weight excluding hydrogens is 526 g/mol. The number of amides is 1. The molecule has 2 N–H and O–H groups in total. The van der Waals surface area contributed by atoms with Gasteiger partial charge in [-0.25, -0.2) is 9.78 Å². The molecule has 0 radical (unpaired) electrons. The van der Waals surface area contributed by atoms with E-state index in [2.05, 4.69) is 48.8 Å². The quantitative estimate of drug-likeness (QED) is 0.422. The van der Waals surface area contributed by atoms with E-state index in [0.717, 1.165) is 3.57 Å². The van der Waals surface area contributed by atoms with E-state index in [1.165, 1.54) is 0 Å². The fourth-order valence-corrected chi connectivity index (χ4v) is 3.78. The maximum absolute atomic E-state index is 12.0. The molecule has 1 amide bonds. The van der Waals surface area contributed by atoms with E-state index in [-0.39, 0.29) is 12.6 Å². The number of furan rings is 1. The molecule has 0 unspecified atom stereocenters. The van der Waals surface area contributed by atoms with Crippen molar-refractivity contribution >= 4 is 67.3 Å². The number of rotatable bonds is 5. The standard InChI is InChI=1S/C16H19BrClIN2O4/c1-16(2,3)25-15(23)20-8(4-5-22)6-10-12(17)13-14(24-10)9(19)7-11(18)21-13/h7-8,22H,4-6H2,1-3H3,(H,20,23)/t8-/m0/s1. The minimum Gasteiger partial charge on any atom is -0.457 e. The van der Waals surface area contributed by atoms with Crippen LogP contribution in [0.5, 0.6) is 0 Å². The summed E-state index contributed by atoms with van der Waals surface area (Å²) >= 11 is 11.6. The van der Waals surface area contributed by atoms with Crippen molar-refractivity contribution in [3.8, 4) is 0 Å². The van der Waals surface area contributed by atoms with Crippen molar-refractivity contribution in [2.24, 2.45) is 0 Å². The van der Waals surface area contributed by atoms with Crippen LogP contribution in [-0.4, -0.2) is 34.4 Å². The Morgan fingerprint density at radius 1 is 1.56 bits per heavy atom. The Bertz CT molecular complexity index is 776. The van der Waals surface area contributed by atoms with E-state index in [4.69, 9.17) is 20.8 Å². The minimum atomic E-state index is -0.593. The number of fused-ring (bicyclic) bond motifs is 1. The van der Waals surface area contributed by atoms with Gasteiger partial charge in [0.1, 0.15) is 22.0 Å². The lowest BCUT2D eigenvalue weighted by Gasteiger charge is -2.23. The van der Waals surface area contributed by atoms with Gasteiger partial charge in [-0.15, -0.1) is 0 Å². The van der Waals surface area contributed by atoms with Crippen LogP contribution in [-0.2, 0) is 11.2 Å². The van der Waals surface area contributed by atoms with Crippen LogP contribution < -0.4 is 5.32 Å². The second-order valence-electron chi connectivity index (χ2n) is 6.50. The van der Waals surface area contributed by atoms with E-state index < -0.39 is 11.7 Å². The van der Waals surface area contributed by atoms with E-state index >= 15 is 0 Å². The summed E-state index contributed by atoms with van der Waals surface area (Å²) in [5.74, 6) is 0.622. The number of alkyl carbamates (subject to hydrolysis) is 1. The molecule has 0 aliphatic rings. The van der Waals surface area contributed by atoms with Crippen molar-refractivity contribution < 1.29 is 19.1 Å². The number of hydrogen-bond donors (Lipinski definition) is 2. The highest BCUT2D eigenvalue weighted by Crippen LogP contribution is 2.34. The number of aliphatic hydroxyl groups is 1. The van der Waals surface area contributed by atoms with Gasteiger partial charge in [-0.05, 0) is 71.8 Å². The van der Waals surface area contributed by atoms with E-state index in [1.54, 1.807) is 26.8 Å². The Kier molecular flexibility index (Phi) is 6.97. The molecule has 2 aromatic heterocycles. The molecule has 0 bridgehead atoms. The summed E-state index contributed by atoms with van der Waals surface area (Å²) in [7, 11) is 0. The van der Waals surface area contributed by atoms with Crippen LogP contribution in [0.3, 0.4) is 0 Å². The van der Waals surface area contributed by atoms with E-state index in [9.17, 15) is 9.90 Å². The van der Waals surface area contributed by atoms with Crippen molar-refractivity contribution in [1.29, 1.82) is 0 Å². The minimum absolute atomic E-state index is 0.0695. The zero-order valence-electron chi connectivity index (χ0n) is 14.0. The summed E-state index contributed by atoms with van der Waals surface area (Å²) in [4.78, 5) is 16.3. The van der Waals surface area contributed by atoms with Crippen LogP contribution >= 0.6 is 50.1 Å². The van der Waals surface area contributed by atoms with Gasteiger partial charge in [0, 0.05) is 19.1 Å². The lowest BCUT2D eigenvalue weighted by atomic mass is 10.1. The predicted molar refractivity (Wildman–Crippen MR) is 108 cm³/mol. The number of pyridine rings is 1. The lowest BCUT2D eigenvalue weighted by molar-refractivity contribution is 0.0496. The fourth-order valence-electron chi connectivity index (χ4n) is 2.23. The highest BCUT2D eigenvalue weighted by atomic mass is 127. The number of halogens is 3. The summed E-state index contributed by atoms with van der Waals surface area (Å²) in [6.07, 6.45) is 0.215. The molecule has 2 heterocycles. The smallest absolute Gasteiger partial charge is 0.407 e. The molecule has 0 spiro atoms. The van der Waals surface area contributed by atoms with Crippen LogP contribution in [0, 0.1) is 3.57 Å². The van der Waals surface area contributed by atoms with Crippen LogP contribution in [0.1, 0.15) is 33.0 Å². The monoisotopic (exact) mass is 544 g/mol. The summed E-state index contributed by atoms with van der Waals surface area (Å²) in [5.41, 5.74) is 0.670. The molecule has 2 rings (SSSR count). The average molecular weight is 546 g/mol. The van der Waals surface area contributed by atoms with Gasteiger partial charge >= 0.3 is 6.09 Å². The van der Waals surface area contributed by atoms with Crippen LogP contribution in [0.4, 0.5) is 4.79 Å². The molecule has 138 valence electrons. The largest absolute Gasteiger partial charge is 0.457 e. The number of nitrogens with zero attached hydrogens (tertiary/aromatic N) is 1. The second-order valence-corrected chi connectivity index (χ2v) is 8.85. The Balaban J connectivity index is 2.22. The first-order valence-corrected chi connectivity index (χ1v) is 9.89. The number of hydrogen-bond acceptors (Lipinski definition) is 5. The van der Waals surface area contributed by atoms with Crippen molar-refractivity contribution in [3.05, 3.63) is 25.0 Å². The van der Waals surface area contributed by atoms with Crippen molar-refractivity contribution in [1.82, 2.24) is 10.3 Å². The summed E-state index contributed by atoms with van der Waals surface area (Å²) in [6.45, 7) is 5.31. The molecule has 6 nitrogen and oxygen atoms in total. The molecule has 0 saturated heterocycles. The van der Waals surface area contributed by atoms with Crippen molar-refractivity contribution in [3.63, 3.8) is 0 Å². The Labute approximate surface area is 172 Å². The molecule has 2 aromatic rings. The van der Waals surface area contributed by atoms with Gasteiger partial charge in [0.25, 0.3) is 0 Å². The average Bonchev–Trinajstić information content (AvgIpc) is 2.75. The maximum Gasteiger partial charge on any atom is 0.407 e. The highest BCUT2D eigenvalue weighted by molar-refractivity contribution is 14.1. The number of carbonyl (C=O) groups excluding carboxylic acids is 1. The predicted octanol–water partition coefficient (Wildman–Crippen LogP) is 4.67. The van der Waals surface area contributed by atoms with Gasteiger partial charge < -0.3 is 19.6 Å². The molecule has 0 saturated carbocycles. The van der Waals surface area contributed by atoms with Gasteiger partial charge in [-0.1, -0.05) is 11.6 Å². The maximum atomic E-state index is 12.0. The molecule has 1 atom stereocenters. The first kappa shape index (κ1) is 20.7. The third-order valence-electron chi connectivity index (χ3n) is 3.20. The first-order chi connectivity index (χ1) is 11.6. The topological polar surface area (TPSA) is 84.6 Å². The van der Waals surface area contributed by atoms with Gasteiger partial charge in [0.2, 0.25) is 0 Å². The van der Waals surface area contributed by atoms with Crippen molar-refractivity contribution in [2.45, 2.75) is 45.3 Å². The van der Waals surface area contributed by atoms with Gasteiger partial charge in [-0.3, -0.25) is 0 Å². The van der Waals surface area contributed by atoms with Gasteiger partial charge in [-0.2, -0.15) is 0 Å². The number of aliphatic hydroxyl groups excluding tert-OH is 1. The molecular formula is C16H19BrClIN2O4. The SMILES string of the molecule is CC(C)(C)OC(=O)N[C@@H](CCO)Cc1oc2c(I)cc(Cl)nc2c1Br. The first-order valence-electron chi connectivity index (χ1n) is 7.64. The fraction of sp³-hybridized carbons (Fsp3) is 0.500. The molecule has 9 heteroatoms. The van der Waals surface area contributed by atoms with E-state index in [0.29, 0.717) is 39.3 Å². The Morgan fingerprint density at radius 2 is 2.24 bits per heavy atom. The third kappa shape index (κ3) is 5.70. The van der Waals surface area contributed by atoms with Crippen LogP contribution in [0.25, 0.3) is 11.1 Å². The summed E-state index contributed by atoms with van der Waals surface area (Å²) < 4.78 is 12.7. The Morgan fingerprint density at radius 3 is 2.84 bits per heavy atom. The third-order valence-corrected chi connectivity index (χ3v) is 5.02. The highest BCUT2D eigenvalue weighted by Gasteiger charge is 2.23. The zero-order valence-corrected chi connectivity index (χ0v) is 18.5. The molecule has 25 heavy (non-hydrogen) atoms. The van der Waals surface area contributed by atoms with Gasteiger partial charge in [0.05, 0.1) is 8.04 Å². The lowest BCUT2D eigenvalue weighted by Crippen LogP contribution is -2.40. The zero-order chi connectivity index (χ0) is 18.8. The molecule has 0 aliphatic carbocycles. The number of aromatic nitrogens is 1. The van der Waals surface area contributed by atoms with Crippen LogP contribution in [0.2, 0.25) is 5.15 Å². The second kappa shape index (κ2) is 8.41. The number of nitrogens with one attached hydrogen (secondary N) is 1. The van der Waals surface area contributed by atoms with Gasteiger partial charge in [0.15, 0.2) is 5.58 Å². The normalized spacial score (nSPS) is 13.1. The number of ether oxygens (including phenoxy) is 1. The Hall–Kier alpha value is -0.580. The van der Waals surface area contributed by atoms with Crippen molar-refractivity contribution in [2.75, 3.05) is 6.61 Å². The van der Waals surface area contributed by atoms with E-state index in [1.807, 2.05) is 0 Å².